The number of halogens is 2. The van der Waals surface area contributed by atoms with Crippen molar-refractivity contribution in [2.75, 3.05) is 26.2 Å². The first-order valence-electron chi connectivity index (χ1n) is 7.81. The lowest BCUT2D eigenvalue weighted by Gasteiger charge is -2.40. The number of nitrogens with one attached hydrogen (secondary N) is 1. The van der Waals surface area contributed by atoms with Gasteiger partial charge in [-0.25, -0.2) is 0 Å². The van der Waals surface area contributed by atoms with E-state index < -0.39 is 0 Å². The lowest BCUT2D eigenvalue weighted by atomic mass is 9.81. The van der Waals surface area contributed by atoms with Crippen molar-refractivity contribution in [2.45, 2.75) is 38.1 Å². The lowest BCUT2D eigenvalue weighted by molar-refractivity contribution is 0.100. The van der Waals surface area contributed by atoms with Crippen LogP contribution >= 0.6 is 24.8 Å². The van der Waals surface area contributed by atoms with Gasteiger partial charge in [0.05, 0.1) is 11.7 Å². The molecule has 0 spiro atoms. The van der Waals surface area contributed by atoms with Crippen molar-refractivity contribution in [2.24, 2.45) is 5.92 Å². The first kappa shape index (κ1) is 18.7. The fourth-order valence-corrected chi connectivity index (χ4v) is 3.69. The summed E-state index contributed by atoms with van der Waals surface area (Å²) in [6.07, 6.45) is 8.94. The smallest absolute Gasteiger partial charge is 0.0578 e. The maximum Gasteiger partial charge on any atom is 0.0578 e. The predicted octanol–water partition coefficient (Wildman–Crippen LogP) is 3.45. The minimum atomic E-state index is 0. The highest BCUT2D eigenvalue weighted by atomic mass is 35.5. The van der Waals surface area contributed by atoms with Gasteiger partial charge >= 0.3 is 0 Å². The van der Waals surface area contributed by atoms with Crippen LogP contribution < -0.4 is 5.32 Å². The number of hydrogen-bond donors (Lipinski definition) is 1. The van der Waals surface area contributed by atoms with Crippen molar-refractivity contribution in [1.82, 2.24) is 15.2 Å². The van der Waals surface area contributed by atoms with Crippen LogP contribution in [0.2, 0.25) is 0 Å². The van der Waals surface area contributed by atoms with Crippen LogP contribution in [-0.4, -0.2) is 36.1 Å². The molecule has 21 heavy (non-hydrogen) atoms. The Morgan fingerprint density at radius 3 is 2.38 bits per heavy atom. The molecular formula is C16H27Cl2N3. The molecule has 2 aliphatic rings. The Bertz CT molecular complexity index is 358. The molecule has 1 N–H and O–H groups in total. The average molecular weight is 332 g/mol. The van der Waals surface area contributed by atoms with E-state index in [0.717, 1.165) is 32.1 Å². The zero-order valence-corrected chi connectivity index (χ0v) is 14.2. The molecule has 120 valence electrons. The standard InChI is InChI=1S/C16H25N3.2ClH/c1-2-6-14(7-3-1)16(15-8-4-5-9-18-15)19-12-10-17-11-13-19;;/h4-5,8-9,14,16-17H,1-3,6-7,10-13H2;2*1H/t16-;;/m0../s1. The van der Waals surface area contributed by atoms with Gasteiger partial charge in [0, 0.05) is 32.4 Å². The Morgan fingerprint density at radius 2 is 1.76 bits per heavy atom. The second-order valence-corrected chi connectivity index (χ2v) is 5.88. The summed E-state index contributed by atoms with van der Waals surface area (Å²) in [5, 5.41) is 3.46. The fourth-order valence-electron chi connectivity index (χ4n) is 3.69. The van der Waals surface area contributed by atoms with Gasteiger partial charge in [-0.2, -0.15) is 0 Å². The summed E-state index contributed by atoms with van der Waals surface area (Å²) in [7, 11) is 0. The minimum absolute atomic E-state index is 0. The molecule has 1 aromatic heterocycles. The highest BCUT2D eigenvalue weighted by Gasteiger charge is 2.31. The van der Waals surface area contributed by atoms with Crippen LogP contribution in [0.3, 0.4) is 0 Å². The number of piperazine rings is 1. The van der Waals surface area contributed by atoms with Crippen molar-refractivity contribution in [1.29, 1.82) is 0 Å². The van der Waals surface area contributed by atoms with Crippen molar-refractivity contribution >= 4 is 24.8 Å². The van der Waals surface area contributed by atoms with Crippen LogP contribution in [0.1, 0.15) is 43.8 Å². The predicted molar refractivity (Wildman–Crippen MR) is 92.5 cm³/mol. The maximum atomic E-state index is 4.67. The van der Waals surface area contributed by atoms with Gasteiger partial charge in [0.15, 0.2) is 0 Å². The Hall–Kier alpha value is -0.350. The summed E-state index contributed by atoms with van der Waals surface area (Å²) in [4.78, 5) is 7.33. The summed E-state index contributed by atoms with van der Waals surface area (Å²) in [5.41, 5.74) is 1.29. The number of pyridine rings is 1. The first-order chi connectivity index (χ1) is 9.45. The number of aromatic nitrogens is 1. The molecular weight excluding hydrogens is 305 g/mol. The van der Waals surface area contributed by atoms with Gasteiger partial charge < -0.3 is 5.32 Å². The zero-order valence-electron chi connectivity index (χ0n) is 12.5. The van der Waals surface area contributed by atoms with Gasteiger partial charge in [0.25, 0.3) is 0 Å². The van der Waals surface area contributed by atoms with Gasteiger partial charge in [-0.3, -0.25) is 9.88 Å². The molecule has 0 radical (unpaired) electrons. The average Bonchev–Trinajstić information content (AvgIpc) is 2.51. The van der Waals surface area contributed by atoms with Crippen LogP contribution in [0.25, 0.3) is 0 Å². The van der Waals surface area contributed by atoms with E-state index >= 15 is 0 Å². The maximum absolute atomic E-state index is 4.67. The summed E-state index contributed by atoms with van der Waals surface area (Å²) >= 11 is 0. The van der Waals surface area contributed by atoms with E-state index in [9.17, 15) is 0 Å². The molecule has 0 aromatic carbocycles. The van der Waals surface area contributed by atoms with E-state index in [1.807, 2.05) is 12.3 Å². The molecule has 1 aromatic rings. The van der Waals surface area contributed by atoms with Gasteiger partial charge in [0.1, 0.15) is 0 Å². The van der Waals surface area contributed by atoms with E-state index in [-0.39, 0.29) is 24.8 Å². The quantitative estimate of drug-likeness (QED) is 0.919. The second-order valence-electron chi connectivity index (χ2n) is 5.88. The van der Waals surface area contributed by atoms with E-state index in [4.69, 9.17) is 0 Å². The minimum Gasteiger partial charge on any atom is -0.314 e. The number of rotatable bonds is 3. The monoisotopic (exact) mass is 331 g/mol. The topological polar surface area (TPSA) is 28.2 Å². The van der Waals surface area contributed by atoms with E-state index in [2.05, 4.69) is 27.3 Å². The Morgan fingerprint density at radius 1 is 1.05 bits per heavy atom. The van der Waals surface area contributed by atoms with Crippen LogP contribution in [0.5, 0.6) is 0 Å². The molecule has 2 fully saturated rings. The summed E-state index contributed by atoms with van der Waals surface area (Å²) in [6.45, 7) is 4.57. The normalized spacial score (nSPS) is 21.9. The van der Waals surface area contributed by atoms with E-state index in [1.54, 1.807) is 0 Å². The highest BCUT2D eigenvalue weighted by Crippen LogP contribution is 2.37. The van der Waals surface area contributed by atoms with E-state index in [0.29, 0.717) is 6.04 Å². The Kier molecular flexibility index (Phi) is 8.57. The molecule has 1 aliphatic carbocycles. The third-order valence-corrected chi connectivity index (χ3v) is 4.63. The molecule has 0 bridgehead atoms. The summed E-state index contributed by atoms with van der Waals surface area (Å²) in [5.74, 6) is 0.807. The summed E-state index contributed by atoms with van der Waals surface area (Å²) < 4.78 is 0. The van der Waals surface area contributed by atoms with Crippen LogP contribution in [0.15, 0.2) is 24.4 Å². The van der Waals surface area contributed by atoms with Crippen molar-refractivity contribution in [3.8, 4) is 0 Å². The number of hydrogen-bond acceptors (Lipinski definition) is 3. The van der Waals surface area contributed by atoms with Crippen molar-refractivity contribution in [3.05, 3.63) is 30.1 Å². The summed E-state index contributed by atoms with van der Waals surface area (Å²) in [6, 6.07) is 6.93. The molecule has 3 rings (SSSR count). The van der Waals surface area contributed by atoms with Crippen LogP contribution in [0.4, 0.5) is 0 Å². The van der Waals surface area contributed by atoms with Crippen molar-refractivity contribution in [3.63, 3.8) is 0 Å². The molecule has 0 unspecified atom stereocenters. The largest absolute Gasteiger partial charge is 0.314 e. The van der Waals surface area contributed by atoms with Gasteiger partial charge in [-0.15, -0.1) is 24.8 Å². The zero-order chi connectivity index (χ0) is 12.9. The molecule has 3 nitrogen and oxygen atoms in total. The second kappa shape index (κ2) is 9.62. The molecule has 1 aliphatic heterocycles. The molecule has 1 saturated heterocycles. The molecule has 1 atom stereocenters. The SMILES string of the molecule is Cl.Cl.c1ccc([C@H](C2CCCCC2)N2CCNCC2)nc1. The molecule has 5 heteroatoms. The lowest BCUT2D eigenvalue weighted by Crippen LogP contribution is -2.47. The van der Waals surface area contributed by atoms with Gasteiger partial charge in [0.2, 0.25) is 0 Å². The van der Waals surface area contributed by atoms with Crippen LogP contribution in [-0.2, 0) is 0 Å². The fraction of sp³-hybridized carbons (Fsp3) is 0.688. The first-order valence-corrected chi connectivity index (χ1v) is 7.81. The van der Waals surface area contributed by atoms with Gasteiger partial charge in [-0.05, 0) is 30.9 Å². The van der Waals surface area contributed by atoms with Crippen LogP contribution in [0, 0.1) is 5.92 Å². The molecule has 2 heterocycles. The Balaban J connectivity index is 0.00000110. The molecule has 0 amide bonds. The third kappa shape index (κ3) is 4.82. The van der Waals surface area contributed by atoms with Crippen molar-refractivity contribution < 1.29 is 0 Å². The Labute approximate surface area is 140 Å². The highest BCUT2D eigenvalue weighted by molar-refractivity contribution is 5.85. The number of nitrogens with zero attached hydrogens (tertiary/aromatic N) is 2. The van der Waals surface area contributed by atoms with E-state index in [1.165, 1.54) is 37.8 Å². The van der Waals surface area contributed by atoms with Gasteiger partial charge in [-0.1, -0.05) is 25.3 Å². The molecule has 1 saturated carbocycles. The third-order valence-electron chi connectivity index (χ3n) is 4.63.